The fourth-order valence-corrected chi connectivity index (χ4v) is 7.46. The number of ether oxygens (including phenoxy) is 2. The van der Waals surface area contributed by atoms with E-state index in [4.69, 9.17) is 15.2 Å². The first-order valence-electron chi connectivity index (χ1n) is 15.6. The van der Waals surface area contributed by atoms with E-state index in [0.29, 0.717) is 26.4 Å². The summed E-state index contributed by atoms with van der Waals surface area (Å²) in [5.74, 6) is -0.0774. The van der Waals surface area contributed by atoms with Gasteiger partial charge in [-0.3, -0.25) is 4.79 Å². The molecule has 6 rings (SSSR count). The minimum absolute atomic E-state index is 0.0774. The van der Waals surface area contributed by atoms with E-state index in [1.165, 1.54) is 6.92 Å². The fraction of sp³-hybridized carbons (Fsp3) is 0.289. The van der Waals surface area contributed by atoms with Crippen molar-refractivity contribution >= 4 is 40.8 Å². The second-order valence-corrected chi connectivity index (χ2v) is 13.9. The number of benzene rings is 4. The zero-order valence-corrected chi connectivity index (χ0v) is 28.0. The number of nitrogen functional groups attached to an aromatic ring is 1. The molecule has 4 aromatic carbocycles. The molecule has 240 valence electrons. The summed E-state index contributed by atoms with van der Waals surface area (Å²) in [5, 5.41) is 22.2. The highest BCUT2D eigenvalue weighted by Crippen LogP contribution is 2.39. The van der Waals surface area contributed by atoms with Gasteiger partial charge in [0.2, 0.25) is 5.91 Å². The van der Waals surface area contributed by atoms with Crippen LogP contribution in [-0.4, -0.2) is 32.3 Å². The number of carbonyl (C=O) groups is 1. The molecule has 0 radical (unpaired) electrons. The maximum atomic E-state index is 11.1. The highest BCUT2D eigenvalue weighted by Gasteiger charge is 2.35. The van der Waals surface area contributed by atoms with Crippen molar-refractivity contribution in [1.82, 2.24) is 0 Å². The predicted molar refractivity (Wildman–Crippen MR) is 187 cm³/mol. The first kappa shape index (κ1) is 34.1. The highest BCUT2D eigenvalue weighted by atomic mass is 32.2. The standard InChI is InChI=1S/C20H20N2O2S.C18H18N2OS/c1-15(23)22-17-5-7-18(8-6-17)25-19-4-2-3-16(13-19)20(14-21)9-11-24-12-10-20;19-13-18(8-10-21-11-9-18)14-2-1-3-17(12-14)22-16-6-4-15(20)5-7-16/h2-8,13H,9-12H2,1H3,(H,22,23);1-7,12H,8-11,20H2. The number of hydrogen-bond donors (Lipinski definition) is 2. The van der Waals surface area contributed by atoms with E-state index in [-0.39, 0.29) is 5.91 Å². The Morgan fingerprint density at radius 1 is 0.681 bits per heavy atom. The first-order chi connectivity index (χ1) is 22.8. The van der Waals surface area contributed by atoms with Gasteiger partial charge in [0, 0.05) is 64.3 Å². The second-order valence-electron chi connectivity index (χ2n) is 11.6. The van der Waals surface area contributed by atoms with Gasteiger partial charge in [0.05, 0.1) is 23.0 Å². The van der Waals surface area contributed by atoms with E-state index >= 15 is 0 Å². The lowest BCUT2D eigenvalue weighted by Crippen LogP contribution is -2.32. The van der Waals surface area contributed by atoms with E-state index in [1.54, 1.807) is 23.5 Å². The van der Waals surface area contributed by atoms with Crippen molar-refractivity contribution in [2.75, 3.05) is 37.5 Å². The quantitative estimate of drug-likeness (QED) is 0.189. The number of nitrogens with one attached hydrogen (secondary N) is 1. The van der Waals surface area contributed by atoms with E-state index in [1.807, 2.05) is 66.7 Å². The zero-order chi connectivity index (χ0) is 33.1. The molecular formula is C38H38N4O3S2. The number of nitrogens with two attached hydrogens (primary N) is 1. The molecule has 0 aliphatic carbocycles. The Morgan fingerprint density at radius 3 is 1.51 bits per heavy atom. The van der Waals surface area contributed by atoms with Gasteiger partial charge in [0.25, 0.3) is 0 Å². The minimum Gasteiger partial charge on any atom is -0.399 e. The largest absolute Gasteiger partial charge is 0.399 e. The summed E-state index contributed by atoms with van der Waals surface area (Å²) in [7, 11) is 0. The van der Waals surface area contributed by atoms with Gasteiger partial charge >= 0.3 is 0 Å². The fourth-order valence-electron chi connectivity index (χ4n) is 5.70. The van der Waals surface area contributed by atoms with Crippen LogP contribution in [0.5, 0.6) is 0 Å². The topological polar surface area (TPSA) is 121 Å². The summed E-state index contributed by atoms with van der Waals surface area (Å²) >= 11 is 3.34. The molecule has 0 atom stereocenters. The molecule has 2 fully saturated rings. The molecule has 7 nitrogen and oxygen atoms in total. The average Bonchev–Trinajstić information content (AvgIpc) is 3.11. The van der Waals surface area contributed by atoms with Crippen LogP contribution in [0, 0.1) is 22.7 Å². The third kappa shape index (κ3) is 8.97. The average molecular weight is 663 g/mol. The van der Waals surface area contributed by atoms with Crippen LogP contribution in [0.4, 0.5) is 11.4 Å². The molecule has 0 unspecified atom stereocenters. The Bertz CT molecular complexity index is 1730. The van der Waals surface area contributed by atoms with Crippen molar-refractivity contribution in [3.63, 3.8) is 0 Å². The Labute approximate surface area is 285 Å². The smallest absolute Gasteiger partial charge is 0.221 e. The summed E-state index contributed by atoms with van der Waals surface area (Å²) in [6.45, 7) is 4.08. The van der Waals surface area contributed by atoms with Crippen LogP contribution in [0.2, 0.25) is 0 Å². The van der Waals surface area contributed by atoms with Crippen molar-refractivity contribution in [3.8, 4) is 12.1 Å². The third-order valence-corrected chi connectivity index (χ3v) is 10.4. The van der Waals surface area contributed by atoms with Crippen molar-refractivity contribution in [2.24, 2.45) is 0 Å². The molecule has 2 aliphatic rings. The lowest BCUT2D eigenvalue weighted by molar-refractivity contribution is -0.114. The zero-order valence-electron chi connectivity index (χ0n) is 26.4. The lowest BCUT2D eigenvalue weighted by Gasteiger charge is -2.31. The number of carbonyl (C=O) groups excluding carboxylic acids is 1. The van der Waals surface area contributed by atoms with Crippen LogP contribution in [0.25, 0.3) is 0 Å². The van der Waals surface area contributed by atoms with Crippen LogP contribution >= 0.6 is 23.5 Å². The van der Waals surface area contributed by atoms with Gasteiger partial charge in [0.1, 0.15) is 0 Å². The molecule has 4 aromatic rings. The number of nitrogens with zero attached hydrogens (tertiary/aromatic N) is 2. The molecule has 2 saturated heterocycles. The van der Waals surface area contributed by atoms with Gasteiger partial charge < -0.3 is 20.5 Å². The van der Waals surface area contributed by atoms with E-state index in [0.717, 1.165) is 67.8 Å². The van der Waals surface area contributed by atoms with Crippen molar-refractivity contribution in [2.45, 2.75) is 63.0 Å². The summed E-state index contributed by atoms with van der Waals surface area (Å²) in [5.41, 5.74) is 8.59. The van der Waals surface area contributed by atoms with Gasteiger partial charge in [-0.05, 0) is 110 Å². The molecule has 47 heavy (non-hydrogen) atoms. The van der Waals surface area contributed by atoms with Crippen molar-refractivity contribution in [3.05, 3.63) is 108 Å². The Balaban J connectivity index is 0.000000186. The van der Waals surface area contributed by atoms with Crippen molar-refractivity contribution in [1.29, 1.82) is 10.5 Å². The Kier molecular flexibility index (Phi) is 11.6. The van der Waals surface area contributed by atoms with Crippen molar-refractivity contribution < 1.29 is 14.3 Å². The van der Waals surface area contributed by atoms with Gasteiger partial charge in [-0.2, -0.15) is 10.5 Å². The van der Waals surface area contributed by atoms with Gasteiger partial charge in [-0.25, -0.2) is 0 Å². The Morgan fingerprint density at radius 2 is 1.11 bits per heavy atom. The molecule has 2 heterocycles. The van der Waals surface area contributed by atoms with Gasteiger partial charge in [-0.1, -0.05) is 47.8 Å². The molecule has 1 amide bonds. The molecule has 9 heteroatoms. The van der Waals surface area contributed by atoms with Crippen LogP contribution < -0.4 is 11.1 Å². The molecule has 0 aromatic heterocycles. The number of amides is 1. The SMILES string of the molecule is CC(=O)Nc1ccc(Sc2cccc(C3(C#N)CCOCC3)c2)cc1.N#CC1(c2cccc(Sc3ccc(N)cc3)c2)CCOCC1. The summed E-state index contributed by atoms with van der Waals surface area (Å²) in [6.07, 6.45) is 3.01. The Hall–Kier alpha value is -4.25. The van der Waals surface area contributed by atoms with E-state index < -0.39 is 10.8 Å². The predicted octanol–water partition coefficient (Wildman–Crippen LogP) is 8.36. The van der Waals surface area contributed by atoms with Crippen LogP contribution in [0.15, 0.2) is 117 Å². The van der Waals surface area contributed by atoms with E-state index in [2.05, 4.69) is 47.8 Å². The molecule has 0 saturated carbocycles. The number of anilines is 2. The third-order valence-electron chi connectivity index (χ3n) is 8.42. The molecule has 0 bridgehead atoms. The molecule has 3 N–H and O–H groups in total. The molecule has 2 aliphatic heterocycles. The first-order valence-corrected chi connectivity index (χ1v) is 17.2. The highest BCUT2D eigenvalue weighted by molar-refractivity contribution is 7.99. The minimum atomic E-state index is -0.440. The van der Waals surface area contributed by atoms with Crippen LogP contribution in [0.1, 0.15) is 43.7 Å². The maximum absolute atomic E-state index is 11.1. The summed E-state index contributed by atoms with van der Waals surface area (Å²) < 4.78 is 10.8. The number of hydrogen-bond acceptors (Lipinski definition) is 8. The lowest BCUT2D eigenvalue weighted by atomic mass is 9.75. The number of nitriles is 2. The normalized spacial score (nSPS) is 16.4. The summed E-state index contributed by atoms with van der Waals surface area (Å²) in [6, 6.07) is 37.2. The molecular weight excluding hydrogens is 625 g/mol. The summed E-state index contributed by atoms with van der Waals surface area (Å²) in [4.78, 5) is 15.6. The van der Waals surface area contributed by atoms with Crippen LogP contribution in [-0.2, 0) is 25.1 Å². The van der Waals surface area contributed by atoms with E-state index in [9.17, 15) is 15.3 Å². The van der Waals surface area contributed by atoms with Gasteiger partial charge in [0.15, 0.2) is 0 Å². The molecule has 0 spiro atoms. The number of rotatable bonds is 7. The second kappa shape index (κ2) is 16.0. The monoisotopic (exact) mass is 662 g/mol. The van der Waals surface area contributed by atoms with Crippen LogP contribution in [0.3, 0.4) is 0 Å². The van der Waals surface area contributed by atoms with Gasteiger partial charge in [-0.15, -0.1) is 0 Å². The maximum Gasteiger partial charge on any atom is 0.221 e.